The molecule has 1 atom stereocenters. The van der Waals surface area contributed by atoms with Gasteiger partial charge in [0.05, 0.1) is 18.3 Å². The summed E-state index contributed by atoms with van der Waals surface area (Å²) in [5.74, 6) is 6.49. The Labute approximate surface area is 133 Å². The van der Waals surface area contributed by atoms with Crippen LogP contribution in [0, 0.1) is 6.92 Å². The summed E-state index contributed by atoms with van der Waals surface area (Å²) in [4.78, 5) is 4.24. The summed E-state index contributed by atoms with van der Waals surface area (Å²) in [6.45, 7) is 6.03. The molecule has 1 unspecified atom stereocenters. The number of rotatable bonds is 5. The molecule has 21 heavy (non-hydrogen) atoms. The lowest BCUT2D eigenvalue weighted by Crippen LogP contribution is -2.29. The normalized spacial score (nSPS) is 12.5. The predicted octanol–water partition coefficient (Wildman–Crippen LogP) is 3.49. The van der Waals surface area contributed by atoms with Crippen LogP contribution in [0.15, 0.2) is 41.1 Å². The zero-order valence-electron chi connectivity index (χ0n) is 12.4. The van der Waals surface area contributed by atoms with Crippen LogP contribution in [0.3, 0.4) is 0 Å². The number of ether oxygens (including phenoxy) is 1. The fraction of sp³-hybridized carbons (Fsp3) is 0.312. The van der Waals surface area contributed by atoms with E-state index in [2.05, 4.69) is 51.5 Å². The van der Waals surface area contributed by atoms with Gasteiger partial charge in [-0.1, -0.05) is 28.1 Å². The first-order chi connectivity index (χ1) is 10.0. The third-order valence-corrected chi connectivity index (χ3v) is 3.99. The zero-order chi connectivity index (χ0) is 15.4. The van der Waals surface area contributed by atoms with Crippen molar-refractivity contribution in [3.8, 4) is 5.75 Å². The summed E-state index contributed by atoms with van der Waals surface area (Å²) < 4.78 is 6.75. The molecule has 2 rings (SSSR count). The Morgan fingerprint density at radius 1 is 1.19 bits per heavy atom. The molecule has 4 nitrogen and oxygen atoms in total. The molecule has 0 saturated heterocycles. The van der Waals surface area contributed by atoms with E-state index in [0.29, 0.717) is 0 Å². The van der Waals surface area contributed by atoms with Crippen LogP contribution in [-0.2, 0) is 0 Å². The van der Waals surface area contributed by atoms with Crippen LogP contribution in [0.4, 0.5) is 0 Å². The molecule has 1 aromatic carbocycles. The van der Waals surface area contributed by atoms with Crippen molar-refractivity contribution in [2.75, 3.05) is 0 Å². The van der Waals surface area contributed by atoms with Crippen LogP contribution in [-0.4, -0.2) is 11.1 Å². The third-order valence-electron chi connectivity index (χ3n) is 3.14. The average Bonchev–Trinajstić information content (AvgIpc) is 2.43. The third kappa shape index (κ3) is 4.03. The van der Waals surface area contributed by atoms with Crippen molar-refractivity contribution in [2.24, 2.45) is 5.84 Å². The minimum Gasteiger partial charge on any atom is -0.489 e. The second-order valence-corrected chi connectivity index (χ2v) is 6.08. The first-order valence-corrected chi connectivity index (χ1v) is 7.64. The van der Waals surface area contributed by atoms with E-state index in [4.69, 9.17) is 10.6 Å². The fourth-order valence-corrected chi connectivity index (χ4v) is 2.50. The molecule has 1 aromatic heterocycles. The molecular formula is C16H20BrN3O. The van der Waals surface area contributed by atoms with Gasteiger partial charge in [-0.15, -0.1) is 0 Å². The van der Waals surface area contributed by atoms with Gasteiger partial charge in [0, 0.05) is 10.7 Å². The number of aryl methyl sites for hydroxylation is 1. The molecule has 0 bridgehead atoms. The monoisotopic (exact) mass is 349 g/mol. The van der Waals surface area contributed by atoms with Crippen molar-refractivity contribution in [2.45, 2.75) is 32.9 Å². The predicted molar refractivity (Wildman–Crippen MR) is 88.0 cm³/mol. The largest absolute Gasteiger partial charge is 0.489 e. The molecule has 5 heteroatoms. The summed E-state index contributed by atoms with van der Waals surface area (Å²) >= 11 is 3.55. The van der Waals surface area contributed by atoms with Crippen LogP contribution in [0.25, 0.3) is 0 Å². The van der Waals surface area contributed by atoms with Crippen molar-refractivity contribution in [3.05, 3.63) is 57.8 Å². The van der Waals surface area contributed by atoms with Gasteiger partial charge in [-0.25, -0.2) is 5.43 Å². The highest BCUT2D eigenvalue weighted by molar-refractivity contribution is 9.10. The van der Waals surface area contributed by atoms with Gasteiger partial charge < -0.3 is 4.74 Å². The minimum atomic E-state index is -0.134. The lowest BCUT2D eigenvalue weighted by molar-refractivity contribution is 0.241. The van der Waals surface area contributed by atoms with Gasteiger partial charge in [0.25, 0.3) is 0 Å². The number of nitrogens with one attached hydrogen (secondary N) is 1. The Hall–Kier alpha value is -1.43. The van der Waals surface area contributed by atoms with E-state index in [1.54, 1.807) is 12.4 Å². The van der Waals surface area contributed by atoms with Crippen molar-refractivity contribution >= 4 is 15.9 Å². The lowest BCUT2D eigenvalue weighted by atomic mass is 10.00. The molecule has 2 aromatic rings. The number of pyridine rings is 1. The maximum atomic E-state index is 5.74. The summed E-state index contributed by atoms with van der Waals surface area (Å²) in [6.07, 6.45) is 3.62. The van der Waals surface area contributed by atoms with Crippen molar-refractivity contribution < 1.29 is 4.74 Å². The van der Waals surface area contributed by atoms with Gasteiger partial charge in [0.2, 0.25) is 0 Å². The van der Waals surface area contributed by atoms with Gasteiger partial charge >= 0.3 is 0 Å². The summed E-state index contributed by atoms with van der Waals surface area (Å²) in [5, 5.41) is 0. The number of benzene rings is 1. The molecule has 0 aliphatic carbocycles. The van der Waals surface area contributed by atoms with E-state index in [0.717, 1.165) is 21.3 Å². The van der Waals surface area contributed by atoms with Crippen molar-refractivity contribution in [1.29, 1.82) is 0 Å². The Bertz CT molecular complexity index is 616. The Kier molecular flexibility index (Phi) is 5.33. The zero-order valence-corrected chi connectivity index (χ0v) is 14.0. The number of hydrazine groups is 1. The van der Waals surface area contributed by atoms with E-state index in [1.807, 2.05) is 19.9 Å². The summed E-state index contributed by atoms with van der Waals surface area (Å²) in [5.41, 5.74) is 6.06. The second-order valence-electron chi connectivity index (χ2n) is 5.23. The lowest BCUT2D eigenvalue weighted by Gasteiger charge is -2.18. The quantitative estimate of drug-likeness (QED) is 0.640. The number of hydrogen-bond donors (Lipinski definition) is 2. The van der Waals surface area contributed by atoms with Crippen LogP contribution in [0.1, 0.15) is 36.6 Å². The Morgan fingerprint density at radius 3 is 2.57 bits per heavy atom. The van der Waals surface area contributed by atoms with Crippen LogP contribution >= 0.6 is 15.9 Å². The molecule has 0 amide bonds. The molecule has 112 valence electrons. The SMILES string of the molecule is Cc1ccc(C(NN)c2cncc(OC(C)C)c2)cc1Br. The van der Waals surface area contributed by atoms with Gasteiger partial charge in [-0.05, 0) is 49.6 Å². The topological polar surface area (TPSA) is 60.2 Å². The molecule has 1 heterocycles. The molecule has 0 radical (unpaired) electrons. The summed E-state index contributed by atoms with van der Waals surface area (Å²) in [6, 6.07) is 8.01. The Balaban J connectivity index is 2.34. The van der Waals surface area contributed by atoms with Crippen LogP contribution < -0.4 is 16.0 Å². The minimum absolute atomic E-state index is 0.111. The molecule has 0 aliphatic rings. The van der Waals surface area contributed by atoms with Gasteiger partial charge in [-0.3, -0.25) is 10.8 Å². The van der Waals surface area contributed by atoms with Crippen LogP contribution in [0.5, 0.6) is 5.75 Å². The highest BCUT2D eigenvalue weighted by Gasteiger charge is 2.15. The second kappa shape index (κ2) is 7.02. The highest BCUT2D eigenvalue weighted by atomic mass is 79.9. The van der Waals surface area contributed by atoms with E-state index < -0.39 is 0 Å². The first kappa shape index (κ1) is 15.9. The number of nitrogens with zero attached hydrogens (tertiary/aromatic N) is 1. The molecular weight excluding hydrogens is 330 g/mol. The molecule has 0 fully saturated rings. The van der Waals surface area contributed by atoms with Crippen molar-refractivity contribution in [3.63, 3.8) is 0 Å². The first-order valence-electron chi connectivity index (χ1n) is 6.85. The van der Waals surface area contributed by atoms with Crippen LogP contribution in [0.2, 0.25) is 0 Å². The van der Waals surface area contributed by atoms with E-state index in [1.165, 1.54) is 5.56 Å². The Morgan fingerprint density at radius 2 is 1.95 bits per heavy atom. The smallest absolute Gasteiger partial charge is 0.138 e. The summed E-state index contributed by atoms with van der Waals surface area (Å²) in [7, 11) is 0. The van der Waals surface area contributed by atoms with Gasteiger partial charge in [0.1, 0.15) is 5.75 Å². The average molecular weight is 350 g/mol. The molecule has 0 aliphatic heterocycles. The van der Waals surface area contributed by atoms with E-state index in [-0.39, 0.29) is 12.1 Å². The van der Waals surface area contributed by atoms with Gasteiger partial charge in [0.15, 0.2) is 0 Å². The van der Waals surface area contributed by atoms with E-state index >= 15 is 0 Å². The van der Waals surface area contributed by atoms with Crippen molar-refractivity contribution in [1.82, 2.24) is 10.4 Å². The molecule has 3 N–H and O–H groups in total. The maximum absolute atomic E-state index is 5.74. The number of nitrogens with two attached hydrogens (primary N) is 1. The molecule has 0 spiro atoms. The molecule has 0 saturated carbocycles. The van der Waals surface area contributed by atoms with E-state index in [9.17, 15) is 0 Å². The van der Waals surface area contributed by atoms with Gasteiger partial charge in [-0.2, -0.15) is 0 Å². The standard InChI is InChI=1S/C16H20BrN3O/c1-10(2)21-14-6-13(8-19-9-14)16(20-18)12-5-4-11(3)15(17)7-12/h4-10,16,20H,18H2,1-3H3. The maximum Gasteiger partial charge on any atom is 0.138 e. The number of aromatic nitrogens is 1. The number of halogens is 1. The fourth-order valence-electron chi connectivity index (χ4n) is 2.10. The highest BCUT2D eigenvalue weighted by Crippen LogP contribution is 2.27. The number of hydrogen-bond acceptors (Lipinski definition) is 4.